The second-order valence-electron chi connectivity index (χ2n) is 4.73. The van der Waals surface area contributed by atoms with Crippen LogP contribution in [0.5, 0.6) is 0 Å². The predicted octanol–water partition coefficient (Wildman–Crippen LogP) is 3.38. The molecule has 0 fully saturated rings. The maximum atomic E-state index is 10.3. The molecule has 2 aromatic rings. The van der Waals surface area contributed by atoms with Gasteiger partial charge >= 0.3 is 0 Å². The molecule has 94 valence electrons. The van der Waals surface area contributed by atoms with E-state index in [9.17, 15) is 5.11 Å². The van der Waals surface area contributed by atoms with Crippen molar-refractivity contribution in [3.63, 3.8) is 0 Å². The Morgan fingerprint density at radius 1 is 1.06 bits per heavy atom. The number of aliphatic hydroxyl groups excluding tert-OH is 1. The molecular weight excluding hydrogens is 222 g/mol. The van der Waals surface area contributed by atoms with Crippen molar-refractivity contribution in [3.05, 3.63) is 66.0 Å². The van der Waals surface area contributed by atoms with Gasteiger partial charge in [-0.3, -0.25) is 4.98 Å². The SMILES string of the molecule is CC(CCc1ccncc1)C(O)c1ccccc1. The molecule has 0 aliphatic heterocycles. The van der Waals surface area contributed by atoms with Gasteiger partial charge in [-0.15, -0.1) is 0 Å². The molecule has 0 saturated carbocycles. The fraction of sp³-hybridized carbons (Fsp3) is 0.312. The molecule has 2 heteroatoms. The summed E-state index contributed by atoms with van der Waals surface area (Å²) in [5.41, 5.74) is 2.27. The zero-order valence-corrected chi connectivity index (χ0v) is 10.7. The summed E-state index contributed by atoms with van der Waals surface area (Å²) in [5.74, 6) is 0.251. The quantitative estimate of drug-likeness (QED) is 0.870. The van der Waals surface area contributed by atoms with E-state index in [-0.39, 0.29) is 12.0 Å². The van der Waals surface area contributed by atoms with Gasteiger partial charge in [-0.05, 0) is 42.0 Å². The molecule has 1 aromatic heterocycles. The topological polar surface area (TPSA) is 33.1 Å². The lowest BCUT2D eigenvalue weighted by Gasteiger charge is -2.19. The average molecular weight is 241 g/mol. The Labute approximate surface area is 108 Å². The second kappa shape index (κ2) is 6.31. The van der Waals surface area contributed by atoms with Crippen LogP contribution in [0.4, 0.5) is 0 Å². The second-order valence-corrected chi connectivity index (χ2v) is 4.73. The third kappa shape index (κ3) is 3.41. The molecule has 0 saturated heterocycles. The largest absolute Gasteiger partial charge is 0.388 e. The van der Waals surface area contributed by atoms with Crippen molar-refractivity contribution in [1.29, 1.82) is 0 Å². The Bertz CT molecular complexity index is 455. The highest BCUT2D eigenvalue weighted by Gasteiger charge is 2.15. The van der Waals surface area contributed by atoms with Gasteiger partial charge in [0.1, 0.15) is 0 Å². The van der Waals surface area contributed by atoms with Crippen LogP contribution in [0.2, 0.25) is 0 Å². The molecule has 0 amide bonds. The lowest BCUT2D eigenvalue weighted by Crippen LogP contribution is -2.10. The van der Waals surface area contributed by atoms with Gasteiger partial charge in [-0.1, -0.05) is 37.3 Å². The number of hydrogen-bond acceptors (Lipinski definition) is 2. The summed E-state index contributed by atoms with van der Waals surface area (Å²) in [6.45, 7) is 2.10. The van der Waals surface area contributed by atoms with Gasteiger partial charge in [-0.2, -0.15) is 0 Å². The van der Waals surface area contributed by atoms with Crippen molar-refractivity contribution < 1.29 is 5.11 Å². The summed E-state index contributed by atoms with van der Waals surface area (Å²) in [4.78, 5) is 4.01. The van der Waals surface area contributed by atoms with Gasteiger partial charge in [-0.25, -0.2) is 0 Å². The molecule has 18 heavy (non-hydrogen) atoms. The Hall–Kier alpha value is -1.67. The highest BCUT2D eigenvalue weighted by molar-refractivity contribution is 5.18. The number of pyridine rings is 1. The standard InChI is InChI=1S/C16H19NO/c1-13(7-8-14-9-11-17-12-10-14)16(18)15-5-3-2-4-6-15/h2-6,9-13,16,18H,7-8H2,1H3. The molecule has 1 heterocycles. The first-order valence-electron chi connectivity index (χ1n) is 6.39. The Morgan fingerprint density at radius 3 is 2.39 bits per heavy atom. The van der Waals surface area contributed by atoms with Gasteiger partial charge in [0.2, 0.25) is 0 Å². The zero-order valence-electron chi connectivity index (χ0n) is 10.7. The average Bonchev–Trinajstić information content (AvgIpc) is 2.46. The lowest BCUT2D eigenvalue weighted by molar-refractivity contribution is 0.113. The fourth-order valence-corrected chi connectivity index (χ4v) is 2.08. The molecule has 2 atom stereocenters. The minimum atomic E-state index is -0.381. The Morgan fingerprint density at radius 2 is 1.72 bits per heavy atom. The summed E-state index contributed by atoms with van der Waals surface area (Å²) in [6, 6.07) is 13.9. The number of rotatable bonds is 5. The van der Waals surface area contributed by atoms with E-state index < -0.39 is 0 Å². The van der Waals surface area contributed by atoms with E-state index in [4.69, 9.17) is 0 Å². The highest BCUT2D eigenvalue weighted by atomic mass is 16.3. The fourth-order valence-electron chi connectivity index (χ4n) is 2.08. The molecule has 1 N–H and O–H groups in total. The van der Waals surface area contributed by atoms with Crippen LogP contribution in [0.3, 0.4) is 0 Å². The first kappa shape index (κ1) is 12.8. The van der Waals surface area contributed by atoms with E-state index in [0.29, 0.717) is 0 Å². The summed E-state index contributed by atoms with van der Waals surface area (Å²) >= 11 is 0. The molecule has 2 unspecified atom stereocenters. The van der Waals surface area contributed by atoms with Gasteiger partial charge < -0.3 is 5.11 Å². The van der Waals surface area contributed by atoms with Crippen LogP contribution >= 0.6 is 0 Å². The van der Waals surface area contributed by atoms with Crippen LogP contribution < -0.4 is 0 Å². The van der Waals surface area contributed by atoms with Crippen molar-refractivity contribution in [2.24, 2.45) is 5.92 Å². The van der Waals surface area contributed by atoms with Crippen molar-refractivity contribution >= 4 is 0 Å². The molecule has 0 aliphatic carbocycles. The summed E-state index contributed by atoms with van der Waals surface area (Å²) in [5, 5.41) is 10.3. The van der Waals surface area contributed by atoms with Crippen molar-refractivity contribution in [3.8, 4) is 0 Å². The number of hydrogen-bond donors (Lipinski definition) is 1. The number of aryl methyl sites for hydroxylation is 1. The maximum absolute atomic E-state index is 10.3. The molecule has 2 rings (SSSR count). The minimum absolute atomic E-state index is 0.251. The van der Waals surface area contributed by atoms with Gasteiger partial charge in [0, 0.05) is 12.4 Å². The normalized spacial score (nSPS) is 14.1. The van der Waals surface area contributed by atoms with E-state index in [1.54, 1.807) is 0 Å². The number of aliphatic hydroxyl groups is 1. The first-order chi connectivity index (χ1) is 8.77. The minimum Gasteiger partial charge on any atom is -0.388 e. The van der Waals surface area contributed by atoms with Gasteiger partial charge in [0.05, 0.1) is 6.10 Å². The molecule has 0 bridgehead atoms. The lowest BCUT2D eigenvalue weighted by atomic mass is 9.92. The number of benzene rings is 1. The van der Waals surface area contributed by atoms with Crippen LogP contribution in [0, 0.1) is 5.92 Å². The third-order valence-electron chi connectivity index (χ3n) is 3.32. The summed E-state index contributed by atoms with van der Waals surface area (Å²) in [6.07, 6.45) is 5.20. The van der Waals surface area contributed by atoms with Crippen LogP contribution in [0.25, 0.3) is 0 Å². The Balaban J connectivity index is 1.90. The monoisotopic (exact) mass is 241 g/mol. The van der Waals surface area contributed by atoms with Crippen molar-refractivity contribution in [2.45, 2.75) is 25.9 Å². The van der Waals surface area contributed by atoms with Crippen LogP contribution in [-0.4, -0.2) is 10.1 Å². The number of nitrogens with zero attached hydrogens (tertiary/aromatic N) is 1. The van der Waals surface area contributed by atoms with Gasteiger partial charge in [0.25, 0.3) is 0 Å². The van der Waals surface area contributed by atoms with E-state index >= 15 is 0 Å². The maximum Gasteiger partial charge on any atom is 0.0815 e. The molecule has 0 aliphatic rings. The van der Waals surface area contributed by atoms with Crippen LogP contribution in [-0.2, 0) is 6.42 Å². The van der Waals surface area contributed by atoms with E-state index in [2.05, 4.69) is 11.9 Å². The zero-order chi connectivity index (χ0) is 12.8. The highest BCUT2D eigenvalue weighted by Crippen LogP contribution is 2.25. The smallest absolute Gasteiger partial charge is 0.0815 e. The van der Waals surface area contributed by atoms with E-state index in [1.807, 2.05) is 54.9 Å². The van der Waals surface area contributed by atoms with E-state index in [0.717, 1.165) is 18.4 Å². The van der Waals surface area contributed by atoms with E-state index in [1.165, 1.54) is 5.56 Å². The van der Waals surface area contributed by atoms with Gasteiger partial charge in [0.15, 0.2) is 0 Å². The van der Waals surface area contributed by atoms with Crippen LogP contribution in [0.15, 0.2) is 54.9 Å². The first-order valence-corrected chi connectivity index (χ1v) is 6.39. The molecule has 2 nitrogen and oxygen atoms in total. The predicted molar refractivity (Wildman–Crippen MR) is 73.1 cm³/mol. The number of aromatic nitrogens is 1. The molecular formula is C16H19NO. The molecule has 0 spiro atoms. The van der Waals surface area contributed by atoms with Crippen LogP contribution in [0.1, 0.15) is 30.6 Å². The van der Waals surface area contributed by atoms with Crippen molar-refractivity contribution in [1.82, 2.24) is 4.98 Å². The van der Waals surface area contributed by atoms with Crippen molar-refractivity contribution in [2.75, 3.05) is 0 Å². The molecule has 1 aromatic carbocycles. The molecule has 0 radical (unpaired) electrons. The third-order valence-corrected chi connectivity index (χ3v) is 3.32. The Kier molecular flexibility index (Phi) is 4.48. The summed E-state index contributed by atoms with van der Waals surface area (Å²) in [7, 11) is 0. The summed E-state index contributed by atoms with van der Waals surface area (Å²) < 4.78 is 0.